The van der Waals surface area contributed by atoms with Crippen molar-refractivity contribution in [3.8, 4) is 0 Å². The van der Waals surface area contributed by atoms with E-state index in [0.29, 0.717) is 17.0 Å². The SMILES string of the molecule is CC1(C)CCC(CN2CCC(C(N)=S)CC2)O1. The molecule has 0 spiro atoms. The lowest BCUT2D eigenvalue weighted by Gasteiger charge is -2.33. The Bertz CT molecular complexity index is 285. The van der Waals surface area contributed by atoms with Crippen LogP contribution < -0.4 is 5.73 Å². The van der Waals surface area contributed by atoms with Crippen LogP contribution >= 0.6 is 12.2 Å². The van der Waals surface area contributed by atoms with Gasteiger partial charge >= 0.3 is 0 Å². The highest BCUT2D eigenvalue weighted by atomic mass is 32.1. The first-order valence-electron chi connectivity index (χ1n) is 6.66. The lowest BCUT2D eigenvalue weighted by molar-refractivity contribution is -0.0311. The van der Waals surface area contributed by atoms with Crippen LogP contribution in [-0.2, 0) is 4.74 Å². The van der Waals surface area contributed by atoms with Gasteiger partial charge in [-0.3, -0.25) is 0 Å². The van der Waals surface area contributed by atoms with E-state index < -0.39 is 0 Å². The summed E-state index contributed by atoms with van der Waals surface area (Å²) in [5, 5.41) is 0. The van der Waals surface area contributed by atoms with Crippen LogP contribution in [0, 0.1) is 5.92 Å². The van der Waals surface area contributed by atoms with Crippen molar-refractivity contribution >= 4 is 17.2 Å². The van der Waals surface area contributed by atoms with E-state index in [4.69, 9.17) is 22.7 Å². The summed E-state index contributed by atoms with van der Waals surface area (Å²) in [5.74, 6) is 0.460. The molecular weight excluding hydrogens is 232 g/mol. The summed E-state index contributed by atoms with van der Waals surface area (Å²) in [6.07, 6.45) is 5.03. The normalized spacial score (nSPS) is 30.6. The molecule has 0 aromatic heterocycles. The van der Waals surface area contributed by atoms with Crippen molar-refractivity contribution in [2.75, 3.05) is 19.6 Å². The lowest BCUT2D eigenvalue weighted by Crippen LogP contribution is -2.41. The highest BCUT2D eigenvalue weighted by Crippen LogP contribution is 2.30. The third-order valence-electron chi connectivity index (χ3n) is 4.01. The summed E-state index contributed by atoms with van der Waals surface area (Å²) in [7, 11) is 0. The minimum absolute atomic E-state index is 0.0851. The summed E-state index contributed by atoms with van der Waals surface area (Å²) < 4.78 is 6.03. The second-order valence-corrected chi connectivity index (χ2v) is 6.49. The first-order valence-corrected chi connectivity index (χ1v) is 7.06. The van der Waals surface area contributed by atoms with E-state index in [2.05, 4.69) is 18.7 Å². The molecule has 2 saturated heterocycles. The second kappa shape index (κ2) is 5.21. The van der Waals surface area contributed by atoms with Crippen LogP contribution in [0.4, 0.5) is 0 Å². The van der Waals surface area contributed by atoms with E-state index in [1.807, 2.05) is 0 Å². The first-order chi connectivity index (χ1) is 7.96. The van der Waals surface area contributed by atoms with Crippen molar-refractivity contribution in [3.05, 3.63) is 0 Å². The van der Waals surface area contributed by atoms with E-state index in [0.717, 1.165) is 32.5 Å². The Balaban J connectivity index is 1.74. The van der Waals surface area contributed by atoms with Crippen LogP contribution in [0.1, 0.15) is 39.5 Å². The molecule has 0 aromatic carbocycles. The van der Waals surface area contributed by atoms with Gasteiger partial charge in [-0.25, -0.2) is 0 Å². The molecule has 17 heavy (non-hydrogen) atoms. The van der Waals surface area contributed by atoms with Gasteiger partial charge < -0.3 is 15.4 Å². The first kappa shape index (κ1) is 13.2. The molecule has 3 nitrogen and oxygen atoms in total. The van der Waals surface area contributed by atoms with Gasteiger partial charge in [0.05, 0.1) is 16.7 Å². The minimum atomic E-state index is 0.0851. The fraction of sp³-hybridized carbons (Fsp3) is 0.923. The van der Waals surface area contributed by atoms with Crippen LogP contribution in [-0.4, -0.2) is 41.2 Å². The Morgan fingerprint density at radius 2 is 2.00 bits per heavy atom. The molecule has 2 aliphatic rings. The van der Waals surface area contributed by atoms with Crippen molar-refractivity contribution in [3.63, 3.8) is 0 Å². The fourth-order valence-corrected chi connectivity index (χ4v) is 3.13. The molecule has 0 radical (unpaired) electrons. The molecule has 2 N–H and O–H groups in total. The second-order valence-electron chi connectivity index (χ2n) is 6.02. The predicted octanol–water partition coefficient (Wildman–Crippen LogP) is 1.94. The molecule has 0 aliphatic carbocycles. The molecule has 0 bridgehead atoms. The molecule has 0 aromatic rings. The number of ether oxygens (including phenoxy) is 1. The van der Waals surface area contributed by atoms with E-state index in [9.17, 15) is 0 Å². The van der Waals surface area contributed by atoms with Crippen LogP contribution in [0.2, 0.25) is 0 Å². The highest BCUT2D eigenvalue weighted by Gasteiger charge is 2.33. The summed E-state index contributed by atoms with van der Waals surface area (Å²) in [6, 6.07) is 0. The average Bonchev–Trinajstić information content (AvgIpc) is 2.59. The van der Waals surface area contributed by atoms with Gasteiger partial charge in [0.15, 0.2) is 0 Å². The molecule has 0 amide bonds. The molecular formula is C13H24N2OS. The lowest BCUT2D eigenvalue weighted by atomic mass is 9.96. The summed E-state index contributed by atoms with van der Waals surface area (Å²) >= 11 is 5.06. The van der Waals surface area contributed by atoms with Crippen molar-refractivity contribution in [1.82, 2.24) is 4.90 Å². The monoisotopic (exact) mass is 256 g/mol. The van der Waals surface area contributed by atoms with Gasteiger partial charge in [-0.05, 0) is 52.6 Å². The van der Waals surface area contributed by atoms with Gasteiger partial charge in [0.2, 0.25) is 0 Å². The van der Waals surface area contributed by atoms with Crippen molar-refractivity contribution < 1.29 is 4.74 Å². The number of nitrogens with zero attached hydrogens (tertiary/aromatic N) is 1. The Morgan fingerprint density at radius 3 is 2.47 bits per heavy atom. The van der Waals surface area contributed by atoms with E-state index in [-0.39, 0.29) is 5.60 Å². The molecule has 1 unspecified atom stereocenters. The smallest absolute Gasteiger partial charge is 0.0759 e. The minimum Gasteiger partial charge on any atom is -0.393 e. The van der Waals surface area contributed by atoms with Gasteiger partial charge in [-0.1, -0.05) is 12.2 Å². The Morgan fingerprint density at radius 1 is 1.35 bits per heavy atom. The van der Waals surface area contributed by atoms with Crippen molar-refractivity contribution in [2.24, 2.45) is 11.7 Å². The third-order valence-corrected chi connectivity index (χ3v) is 4.34. The largest absolute Gasteiger partial charge is 0.393 e. The van der Waals surface area contributed by atoms with Crippen LogP contribution in [0.25, 0.3) is 0 Å². The number of thiocarbonyl (C=S) groups is 1. The van der Waals surface area contributed by atoms with Crippen LogP contribution in [0.15, 0.2) is 0 Å². The van der Waals surface area contributed by atoms with E-state index >= 15 is 0 Å². The number of nitrogens with two attached hydrogens (primary N) is 1. The number of rotatable bonds is 3. The Labute approximate surface area is 110 Å². The number of hydrogen-bond acceptors (Lipinski definition) is 3. The fourth-order valence-electron chi connectivity index (χ4n) is 2.89. The van der Waals surface area contributed by atoms with Gasteiger partial charge in [-0.2, -0.15) is 0 Å². The Hall–Kier alpha value is -0.190. The maximum atomic E-state index is 6.03. The van der Waals surface area contributed by atoms with Crippen molar-refractivity contribution in [2.45, 2.75) is 51.2 Å². The third kappa shape index (κ3) is 3.63. The van der Waals surface area contributed by atoms with Gasteiger partial charge in [0, 0.05) is 12.5 Å². The van der Waals surface area contributed by atoms with Crippen molar-refractivity contribution in [1.29, 1.82) is 0 Å². The average molecular weight is 256 g/mol. The quantitative estimate of drug-likeness (QED) is 0.783. The standard InChI is InChI=1S/C13H24N2OS/c1-13(2)6-3-11(16-13)9-15-7-4-10(5-8-15)12(14)17/h10-11H,3-9H2,1-2H3,(H2,14,17). The van der Waals surface area contributed by atoms with Gasteiger partial charge in [0.1, 0.15) is 0 Å². The zero-order valence-electron chi connectivity index (χ0n) is 10.9. The zero-order valence-corrected chi connectivity index (χ0v) is 11.8. The molecule has 0 saturated carbocycles. The maximum Gasteiger partial charge on any atom is 0.0759 e. The Kier molecular flexibility index (Phi) is 4.06. The van der Waals surface area contributed by atoms with Gasteiger partial charge in [-0.15, -0.1) is 0 Å². The molecule has 98 valence electrons. The van der Waals surface area contributed by atoms with E-state index in [1.54, 1.807) is 0 Å². The molecule has 2 rings (SSSR count). The summed E-state index contributed by atoms with van der Waals surface area (Å²) in [4.78, 5) is 3.20. The maximum absolute atomic E-state index is 6.03. The van der Waals surface area contributed by atoms with Crippen LogP contribution in [0.5, 0.6) is 0 Å². The topological polar surface area (TPSA) is 38.5 Å². The molecule has 2 heterocycles. The molecule has 2 aliphatic heterocycles. The van der Waals surface area contributed by atoms with Crippen LogP contribution in [0.3, 0.4) is 0 Å². The number of likely N-dealkylation sites (tertiary alicyclic amines) is 1. The highest BCUT2D eigenvalue weighted by molar-refractivity contribution is 7.80. The predicted molar refractivity (Wildman–Crippen MR) is 74.1 cm³/mol. The summed E-state index contributed by atoms with van der Waals surface area (Å²) in [5.41, 5.74) is 5.79. The number of piperidine rings is 1. The zero-order chi connectivity index (χ0) is 12.5. The van der Waals surface area contributed by atoms with Gasteiger partial charge in [0.25, 0.3) is 0 Å². The number of hydrogen-bond donors (Lipinski definition) is 1. The summed E-state index contributed by atoms with van der Waals surface area (Å²) in [6.45, 7) is 7.68. The van der Waals surface area contributed by atoms with E-state index in [1.165, 1.54) is 12.8 Å². The molecule has 4 heteroatoms. The molecule has 2 fully saturated rings. The molecule has 1 atom stereocenters.